The molecule has 0 radical (unpaired) electrons. The molecule has 1 aromatic heterocycles. The van der Waals surface area contributed by atoms with E-state index < -0.39 is 23.4 Å². The monoisotopic (exact) mass is 289 g/mol. The molecule has 0 bridgehead atoms. The maximum Gasteiger partial charge on any atom is 0.343 e. The fraction of sp³-hybridized carbons (Fsp3) is 0.133. The number of pyridine rings is 1. The van der Waals surface area contributed by atoms with E-state index in [1.807, 2.05) is 0 Å². The van der Waals surface area contributed by atoms with Gasteiger partial charge in [-0.3, -0.25) is 0 Å². The van der Waals surface area contributed by atoms with Crippen LogP contribution < -0.4 is 0 Å². The minimum absolute atomic E-state index is 0.206. The van der Waals surface area contributed by atoms with Crippen LogP contribution in [0.4, 0.5) is 4.39 Å². The molecule has 0 spiro atoms. The van der Waals surface area contributed by atoms with Gasteiger partial charge in [0.05, 0.1) is 19.8 Å². The first-order valence-corrected chi connectivity index (χ1v) is 6.00. The van der Waals surface area contributed by atoms with Crippen molar-refractivity contribution >= 4 is 11.9 Å². The number of rotatable bonds is 3. The Kier molecular flexibility index (Phi) is 4.27. The minimum atomic E-state index is -1.08. The van der Waals surface area contributed by atoms with Crippen LogP contribution in [0.5, 0.6) is 0 Å². The van der Waals surface area contributed by atoms with E-state index in [0.717, 1.165) is 14.2 Å². The maximum absolute atomic E-state index is 13.9. The van der Waals surface area contributed by atoms with Crippen LogP contribution in [0.1, 0.15) is 20.7 Å². The Hall–Kier alpha value is -2.76. The molecule has 2 aromatic rings. The van der Waals surface area contributed by atoms with Crippen molar-refractivity contribution in [2.45, 2.75) is 0 Å². The Labute approximate surface area is 120 Å². The van der Waals surface area contributed by atoms with Gasteiger partial charge in [0.25, 0.3) is 0 Å². The van der Waals surface area contributed by atoms with Crippen LogP contribution in [0.2, 0.25) is 0 Å². The molecular formula is C15H12FNO4. The molecule has 2 rings (SSSR count). The van der Waals surface area contributed by atoms with Crippen LogP contribution in [-0.4, -0.2) is 31.1 Å². The van der Waals surface area contributed by atoms with Crippen molar-refractivity contribution < 1.29 is 23.5 Å². The molecule has 108 valence electrons. The van der Waals surface area contributed by atoms with E-state index in [2.05, 4.69) is 14.5 Å². The molecule has 0 amide bonds. The molecule has 0 N–H and O–H groups in total. The topological polar surface area (TPSA) is 65.5 Å². The lowest BCUT2D eigenvalue weighted by Gasteiger charge is -2.12. The van der Waals surface area contributed by atoms with Crippen molar-refractivity contribution in [3.8, 4) is 11.1 Å². The number of carbonyl (C=O) groups excluding carboxylic acids is 2. The smallest absolute Gasteiger partial charge is 0.343 e. The van der Waals surface area contributed by atoms with E-state index in [-0.39, 0.29) is 5.56 Å². The second kappa shape index (κ2) is 6.13. The highest BCUT2D eigenvalue weighted by molar-refractivity contribution is 6.07. The number of hydrogen-bond donors (Lipinski definition) is 0. The molecular weight excluding hydrogens is 277 g/mol. The first kappa shape index (κ1) is 14.6. The highest BCUT2D eigenvalue weighted by atomic mass is 19.1. The lowest BCUT2D eigenvalue weighted by molar-refractivity contribution is 0.0550. The van der Waals surface area contributed by atoms with Gasteiger partial charge < -0.3 is 9.47 Å². The first-order valence-electron chi connectivity index (χ1n) is 6.00. The summed E-state index contributed by atoms with van der Waals surface area (Å²) >= 11 is 0. The summed E-state index contributed by atoms with van der Waals surface area (Å²) in [6, 6.07) is 8.71. The summed E-state index contributed by atoms with van der Waals surface area (Å²) in [6.45, 7) is 0. The van der Waals surface area contributed by atoms with Gasteiger partial charge in [0.1, 0.15) is 5.56 Å². The molecule has 5 nitrogen and oxygen atoms in total. The third kappa shape index (κ3) is 2.74. The highest BCUT2D eigenvalue weighted by Crippen LogP contribution is 2.28. The molecule has 0 aliphatic carbocycles. The van der Waals surface area contributed by atoms with E-state index in [1.165, 1.54) is 6.20 Å². The third-order valence-electron chi connectivity index (χ3n) is 2.90. The van der Waals surface area contributed by atoms with Crippen LogP contribution in [0.3, 0.4) is 0 Å². The first-order chi connectivity index (χ1) is 10.1. The van der Waals surface area contributed by atoms with Gasteiger partial charge in [0.15, 0.2) is 0 Å². The largest absolute Gasteiger partial charge is 0.465 e. The Morgan fingerprint density at radius 2 is 1.57 bits per heavy atom. The SMILES string of the molecule is COC(=O)c1c(-c2ccccc2)cnc(F)c1C(=O)OC. The summed E-state index contributed by atoms with van der Waals surface area (Å²) in [5.41, 5.74) is 0.161. The Morgan fingerprint density at radius 1 is 1.00 bits per heavy atom. The molecule has 21 heavy (non-hydrogen) atoms. The predicted octanol–water partition coefficient (Wildman–Crippen LogP) is 2.46. The predicted molar refractivity (Wildman–Crippen MR) is 72.3 cm³/mol. The van der Waals surface area contributed by atoms with Crippen molar-refractivity contribution in [2.75, 3.05) is 14.2 Å². The zero-order valence-corrected chi connectivity index (χ0v) is 11.4. The van der Waals surface area contributed by atoms with Gasteiger partial charge >= 0.3 is 11.9 Å². The zero-order valence-electron chi connectivity index (χ0n) is 11.4. The van der Waals surface area contributed by atoms with Crippen molar-refractivity contribution in [2.24, 2.45) is 0 Å². The van der Waals surface area contributed by atoms with E-state index >= 15 is 0 Å². The van der Waals surface area contributed by atoms with Gasteiger partial charge in [-0.1, -0.05) is 30.3 Å². The number of halogens is 1. The molecule has 0 saturated carbocycles. The number of ether oxygens (including phenoxy) is 2. The average molecular weight is 289 g/mol. The number of nitrogens with zero attached hydrogens (tertiary/aromatic N) is 1. The summed E-state index contributed by atoms with van der Waals surface area (Å²) in [6.07, 6.45) is 1.18. The molecule has 0 aliphatic heterocycles. The Morgan fingerprint density at radius 3 is 2.14 bits per heavy atom. The van der Waals surface area contributed by atoms with Gasteiger partial charge in [0.2, 0.25) is 5.95 Å². The van der Waals surface area contributed by atoms with Crippen LogP contribution in [0.25, 0.3) is 11.1 Å². The molecule has 6 heteroatoms. The van der Waals surface area contributed by atoms with E-state index in [9.17, 15) is 14.0 Å². The summed E-state index contributed by atoms with van der Waals surface area (Å²) in [7, 11) is 2.24. The summed E-state index contributed by atoms with van der Waals surface area (Å²) in [5, 5.41) is 0. The van der Waals surface area contributed by atoms with Crippen molar-refractivity contribution in [1.29, 1.82) is 0 Å². The van der Waals surface area contributed by atoms with Crippen LogP contribution in [-0.2, 0) is 9.47 Å². The fourth-order valence-corrected chi connectivity index (χ4v) is 1.93. The molecule has 0 saturated heterocycles. The number of carbonyl (C=O) groups is 2. The van der Waals surface area contributed by atoms with Crippen molar-refractivity contribution in [3.05, 3.63) is 53.6 Å². The summed E-state index contributed by atoms with van der Waals surface area (Å²) < 4.78 is 23.0. The van der Waals surface area contributed by atoms with Gasteiger partial charge in [-0.2, -0.15) is 4.39 Å². The van der Waals surface area contributed by atoms with Crippen LogP contribution >= 0.6 is 0 Å². The Balaban J connectivity index is 2.77. The lowest BCUT2D eigenvalue weighted by atomic mass is 9.98. The summed E-state index contributed by atoms with van der Waals surface area (Å²) in [4.78, 5) is 27.3. The van der Waals surface area contributed by atoms with Crippen molar-refractivity contribution in [1.82, 2.24) is 4.98 Å². The van der Waals surface area contributed by atoms with E-state index in [0.29, 0.717) is 11.1 Å². The van der Waals surface area contributed by atoms with Crippen LogP contribution in [0, 0.1) is 5.95 Å². The van der Waals surface area contributed by atoms with Gasteiger partial charge in [-0.05, 0) is 5.56 Å². The standard InChI is InChI=1S/C15H12FNO4/c1-20-14(18)11-10(9-6-4-3-5-7-9)8-17-13(16)12(11)15(19)21-2/h3-8H,1-2H3. The number of methoxy groups -OCH3 is 2. The molecule has 0 fully saturated rings. The summed E-state index contributed by atoms with van der Waals surface area (Å²) in [5.74, 6) is -2.91. The van der Waals surface area contributed by atoms with E-state index in [1.54, 1.807) is 30.3 Å². The molecule has 0 unspecified atom stereocenters. The molecule has 1 heterocycles. The molecule has 0 aliphatic rings. The minimum Gasteiger partial charge on any atom is -0.465 e. The second-order valence-electron chi connectivity index (χ2n) is 4.06. The average Bonchev–Trinajstić information content (AvgIpc) is 2.53. The third-order valence-corrected chi connectivity index (χ3v) is 2.90. The fourth-order valence-electron chi connectivity index (χ4n) is 1.93. The number of benzene rings is 1. The quantitative estimate of drug-likeness (QED) is 0.641. The molecule has 0 atom stereocenters. The van der Waals surface area contributed by atoms with E-state index in [4.69, 9.17) is 0 Å². The normalized spacial score (nSPS) is 10.0. The van der Waals surface area contributed by atoms with Gasteiger partial charge in [-0.15, -0.1) is 0 Å². The highest BCUT2D eigenvalue weighted by Gasteiger charge is 2.27. The van der Waals surface area contributed by atoms with Crippen LogP contribution in [0.15, 0.2) is 36.5 Å². The maximum atomic E-state index is 13.9. The number of hydrogen-bond acceptors (Lipinski definition) is 5. The molecule has 1 aromatic carbocycles. The zero-order chi connectivity index (χ0) is 15.4. The second-order valence-corrected chi connectivity index (χ2v) is 4.06. The van der Waals surface area contributed by atoms with Gasteiger partial charge in [0, 0.05) is 11.8 Å². The number of esters is 2. The van der Waals surface area contributed by atoms with Crippen molar-refractivity contribution in [3.63, 3.8) is 0 Å². The van der Waals surface area contributed by atoms with Gasteiger partial charge in [-0.25, -0.2) is 14.6 Å². The lowest BCUT2D eigenvalue weighted by Crippen LogP contribution is -2.16. The number of aromatic nitrogens is 1. The Bertz CT molecular complexity index is 686.